The Hall–Kier alpha value is -1.83. The van der Waals surface area contributed by atoms with Crippen LogP contribution in [0.2, 0.25) is 0 Å². The molecule has 1 N–H and O–H groups in total. The highest BCUT2D eigenvalue weighted by atomic mass is 16.1. The van der Waals surface area contributed by atoms with E-state index in [1.165, 1.54) is 0 Å². The highest BCUT2D eigenvalue weighted by Gasteiger charge is 2.03. The van der Waals surface area contributed by atoms with Crippen LogP contribution in [0.25, 0.3) is 0 Å². The molecule has 76 valence electrons. The van der Waals surface area contributed by atoms with Crippen molar-refractivity contribution in [3.05, 3.63) is 69.6 Å². The Balaban J connectivity index is 2.37. The second-order valence-corrected chi connectivity index (χ2v) is 3.63. The maximum absolute atomic E-state index is 11.6. The van der Waals surface area contributed by atoms with Gasteiger partial charge < -0.3 is 4.98 Å². The first-order valence-corrected chi connectivity index (χ1v) is 4.98. The second kappa shape index (κ2) is 4.13. The van der Waals surface area contributed by atoms with Crippen LogP contribution in [0.3, 0.4) is 0 Å². The van der Waals surface area contributed by atoms with Crippen molar-refractivity contribution in [3.8, 4) is 0 Å². The van der Waals surface area contributed by atoms with Crippen LogP contribution in [0.4, 0.5) is 0 Å². The molecule has 2 heteroatoms. The van der Waals surface area contributed by atoms with Crippen LogP contribution in [-0.4, -0.2) is 4.98 Å². The number of aromatic nitrogens is 1. The summed E-state index contributed by atoms with van der Waals surface area (Å²) in [5.74, 6) is 0. The van der Waals surface area contributed by atoms with Gasteiger partial charge in [-0.25, -0.2) is 0 Å². The van der Waals surface area contributed by atoms with Gasteiger partial charge in [0.15, 0.2) is 0 Å². The van der Waals surface area contributed by atoms with Gasteiger partial charge in [-0.3, -0.25) is 4.79 Å². The van der Waals surface area contributed by atoms with Crippen LogP contribution in [0, 0.1) is 6.92 Å². The number of pyridine rings is 1. The van der Waals surface area contributed by atoms with Gasteiger partial charge in [0.25, 0.3) is 5.56 Å². The average Bonchev–Trinajstić information content (AvgIpc) is 2.25. The first-order valence-electron chi connectivity index (χ1n) is 4.98. The van der Waals surface area contributed by atoms with E-state index in [-0.39, 0.29) is 5.56 Å². The molecule has 0 aliphatic rings. The molecule has 2 aromatic rings. The molecule has 2 nitrogen and oxygen atoms in total. The maximum atomic E-state index is 11.6. The SMILES string of the molecule is Cc1cc[nH]c(=O)c1Cc1ccccc1. The van der Waals surface area contributed by atoms with Crippen LogP contribution < -0.4 is 5.56 Å². The predicted octanol–water partition coefficient (Wildman–Crippen LogP) is 2.27. The lowest BCUT2D eigenvalue weighted by atomic mass is 10.0. The van der Waals surface area contributed by atoms with E-state index < -0.39 is 0 Å². The molecule has 15 heavy (non-hydrogen) atoms. The lowest BCUT2D eigenvalue weighted by molar-refractivity contribution is 1.06. The van der Waals surface area contributed by atoms with Gasteiger partial charge in [-0.2, -0.15) is 0 Å². The summed E-state index contributed by atoms with van der Waals surface area (Å²) in [6.45, 7) is 1.97. The molecule has 0 spiro atoms. The first kappa shape index (κ1) is 9.71. The molecule has 0 fully saturated rings. The van der Waals surface area contributed by atoms with Crippen LogP contribution in [0.1, 0.15) is 16.7 Å². The molecule has 0 aliphatic heterocycles. The highest BCUT2D eigenvalue weighted by molar-refractivity contribution is 5.29. The molecular formula is C13H13NO. The van der Waals surface area contributed by atoms with Gasteiger partial charge in [-0.05, 0) is 24.1 Å². The van der Waals surface area contributed by atoms with Crippen molar-refractivity contribution in [1.29, 1.82) is 0 Å². The summed E-state index contributed by atoms with van der Waals surface area (Å²) < 4.78 is 0. The van der Waals surface area contributed by atoms with Crippen molar-refractivity contribution in [3.63, 3.8) is 0 Å². The summed E-state index contributed by atoms with van der Waals surface area (Å²) in [6.07, 6.45) is 2.38. The number of rotatable bonds is 2. The molecule has 2 rings (SSSR count). The number of hydrogen-bond donors (Lipinski definition) is 1. The van der Waals surface area contributed by atoms with Crippen LogP contribution >= 0.6 is 0 Å². The Morgan fingerprint density at radius 1 is 1.13 bits per heavy atom. The topological polar surface area (TPSA) is 32.9 Å². The molecule has 0 radical (unpaired) electrons. The van der Waals surface area contributed by atoms with Crippen LogP contribution in [0.5, 0.6) is 0 Å². The average molecular weight is 199 g/mol. The molecule has 0 saturated heterocycles. The van der Waals surface area contributed by atoms with E-state index in [0.29, 0.717) is 6.42 Å². The third-order valence-electron chi connectivity index (χ3n) is 2.52. The van der Waals surface area contributed by atoms with Crippen molar-refractivity contribution >= 4 is 0 Å². The fourth-order valence-electron chi connectivity index (χ4n) is 1.63. The zero-order valence-corrected chi connectivity index (χ0v) is 8.66. The smallest absolute Gasteiger partial charge is 0.251 e. The maximum Gasteiger partial charge on any atom is 0.251 e. The molecular weight excluding hydrogens is 186 g/mol. The third-order valence-corrected chi connectivity index (χ3v) is 2.52. The zero-order valence-electron chi connectivity index (χ0n) is 8.66. The number of hydrogen-bond acceptors (Lipinski definition) is 1. The van der Waals surface area contributed by atoms with Crippen LogP contribution in [-0.2, 0) is 6.42 Å². The Bertz CT molecular complexity index is 499. The van der Waals surface area contributed by atoms with Crippen molar-refractivity contribution in [2.24, 2.45) is 0 Å². The van der Waals surface area contributed by atoms with Crippen molar-refractivity contribution in [2.45, 2.75) is 13.3 Å². The molecule has 1 heterocycles. The Labute approximate surface area is 88.6 Å². The van der Waals surface area contributed by atoms with Gasteiger partial charge >= 0.3 is 0 Å². The summed E-state index contributed by atoms with van der Waals surface area (Å²) in [5, 5.41) is 0. The van der Waals surface area contributed by atoms with E-state index in [9.17, 15) is 4.79 Å². The number of benzene rings is 1. The van der Waals surface area contributed by atoms with E-state index in [4.69, 9.17) is 0 Å². The van der Waals surface area contributed by atoms with Crippen molar-refractivity contribution in [2.75, 3.05) is 0 Å². The third kappa shape index (κ3) is 2.15. The van der Waals surface area contributed by atoms with Crippen molar-refractivity contribution in [1.82, 2.24) is 4.98 Å². The number of aryl methyl sites for hydroxylation is 1. The van der Waals surface area contributed by atoms with E-state index in [2.05, 4.69) is 4.98 Å². The minimum atomic E-state index is 0.0128. The summed E-state index contributed by atoms with van der Waals surface area (Å²) in [4.78, 5) is 14.3. The minimum absolute atomic E-state index is 0.0128. The van der Waals surface area contributed by atoms with Gasteiger partial charge in [0.1, 0.15) is 0 Å². The second-order valence-electron chi connectivity index (χ2n) is 3.63. The monoisotopic (exact) mass is 199 g/mol. The molecule has 1 aromatic carbocycles. The summed E-state index contributed by atoms with van der Waals surface area (Å²) in [6, 6.07) is 12.0. The lowest BCUT2D eigenvalue weighted by Crippen LogP contribution is -2.13. The Morgan fingerprint density at radius 2 is 1.87 bits per heavy atom. The zero-order chi connectivity index (χ0) is 10.7. The number of H-pyrrole nitrogens is 1. The lowest BCUT2D eigenvalue weighted by Gasteiger charge is -2.03. The molecule has 0 unspecified atom stereocenters. The van der Waals surface area contributed by atoms with Crippen LogP contribution in [0.15, 0.2) is 47.4 Å². The molecule has 1 aromatic heterocycles. The summed E-state index contributed by atoms with van der Waals surface area (Å²) in [5.41, 5.74) is 3.07. The summed E-state index contributed by atoms with van der Waals surface area (Å²) in [7, 11) is 0. The Morgan fingerprint density at radius 3 is 2.53 bits per heavy atom. The van der Waals surface area contributed by atoms with Gasteiger partial charge in [0.2, 0.25) is 0 Å². The highest BCUT2D eigenvalue weighted by Crippen LogP contribution is 2.08. The normalized spacial score (nSPS) is 10.2. The molecule has 0 atom stereocenters. The van der Waals surface area contributed by atoms with E-state index >= 15 is 0 Å². The number of aromatic amines is 1. The first-order chi connectivity index (χ1) is 7.27. The van der Waals surface area contributed by atoms with Gasteiger partial charge in [-0.1, -0.05) is 30.3 Å². The summed E-state index contributed by atoms with van der Waals surface area (Å²) >= 11 is 0. The molecule has 0 saturated carbocycles. The molecule has 0 bridgehead atoms. The quantitative estimate of drug-likeness (QED) is 0.790. The van der Waals surface area contributed by atoms with Crippen molar-refractivity contribution < 1.29 is 0 Å². The van der Waals surface area contributed by atoms with Gasteiger partial charge in [0.05, 0.1) is 0 Å². The number of nitrogens with one attached hydrogen (secondary N) is 1. The largest absolute Gasteiger partial charge is 0.329 e. The standard InChI is InChI=1S/C13H13NO/c1-10-7-8-14-13(15)12(10)9-11-5-3-2-4-6-11/h2-8H,9H2,1H3,(H,14,15). The Kier molecular flexibility index (Phi) is 2.68. The molecule has 0 amide bonds. The fraction of sp³-hybridized carbons (Fsp3) is 0.154. The van der Waals surface area contributed by atoms with Gasteiger partial charge in [-0.15, -0.1) is 0 Å². The fourth-order valence-corrected chi connectivity index (χ4v) is 1.63. The van der Waals surface area contributed by atoms with E-state index in [0.717, 1.165) is 16.7 Å². The van der Waals surface area contributed by atoms with Gasteiger partial charge in [0, 0.05) is 18.2 Å². The van der Waals surface area contributed by atoms with E-state index in [1.54, 1.807) is 6.20 Å². The predicted molar refractivity (Wildman–Crippen MR) is 61.0 cm³/mol. The molecule has 0 aliphatic carbocycles. The van der Waals surface area contributed by atoms with E-state index in [1.807, 2.05) is 43.3 Å². The minimum Gasteiger partial charge on any atom is -0.329 e.